The predicted molar refractivity (Wildman–Crippen MR) is 72.6 cm³/mol. The van der Waals surface area contributed by atoms with Gasteiger partial charge in [-0.15, -0.1) is 0 Å². The molecule has 0 aromatic carbocycles. The van der Waals surface area contributed by atoms with Gasteiger partial charge in [0.2, 0.25) is 0 Å². The number of hydrogen-bond donors (Lipinski definition) is 2. The van der Waals surface area contributed by atoms with Crippen molar-refractivity contribution in [3.8, 4) is 0 Å². The second kappa shape index (κ2) is 6.85. The number of ether oxygens (including phenoxy) is 2. The molecule has 4 heteroatoms. The first-order valence-corrected chi connectivity index (χ1v) is 7.40. The lowest BCUT2D eigenvalue weighted by atomic mass is 9.83. The topological polar surface area (TPSA) is 42.5 Å². The van der Waals surface area contributed by atoms with Crippen LogP contribution in [0, 0.1) is 5.92 Å². The second-order valence-electron chi connectivity index (χ2n) is 5.75. The monoisotopic (exact) mass is 256 g/mol. The average molecular weight is 256 g/mol. The fourth-order valence-electron chi connectivity index (χ4n) is 3.10. The van der Waals surface area contributed by atoms with Gasteiger partial charge in [-0.25, -0.2) is 0 Å². The van der Waals surface area contributed by atoms with E-state index in [2.05, 4.69) is 17.6 Å². The fourth-order valence-corrected chi connectivity index (χ4v) is 3.10. The molecule has 1 atom stereocenters. The molecule has 1 unspecified atom stereocenters. The summed E-state index contributed by atoms with van der Waals surface area (Å²) in [6, 6.07) is 0.562. The van der Waals surface area contributed by atoms with Gasteiger partial charge in [-0.2, -0.15) is 0 Å². The summed E-state index contributed by atoms with van der Waals surface area (Å²) >= 11 is 0. The van der Waals surface area contributed by atoms with Crippen LogP contribution in [0.1, 0.15) is 39.0 Å². The highest BCUT2D eigenvalue weighted by atomic mass is 16.7. The number of likely N-dealkylation sites (N-methyl/N-ethyl adjacent to an activating group) is 1. The first kappa shape index (κ1) is 14.3. The van der Waals surface area contributed by atoms with Crippen LogP contribution in [-0.2, 0) is 9.47 Å². The summed E-state index contributed by atoms with van der Waals surface area (Å²) in [5, 5.41) is 6.76. The van der Waals surface area contributed by atoms with E-state index < -0.39 is 0 Å². The summed E-state index contributed by atoms with van der Waals surface area (Å²) < 4.78 is 11.5. The van der Waals surface area contributed by atoms with Gasteiger partial charge < -0.3 is 20.1 Å². The minimum absolute atomic E-state index is 0.191. The van der Waals surface area contributed by atoms with Crippen LogP contribution in [0.25, 0.3) is 0 Å². The van der Waals surface area contributed by atoms with Gasteiger partial charge in [-0.3, -0.25) is 0 Å². The molecular formula is C14H28N2O2. The summed E-state index contributed by atoms with van der Waals surface area (Å²) in [6.45, 7) is 5.96. The maximum Gasteiger partial charge on any atom is 0.168 e. The summed E-state index contributed by atoms with van der Waals surface area (Å²) in [7, 11) is 2.00. The van der Waals surface area contributed by atoms with Gasteiger partial charge in [0.05, 0.1) is 13.2 Å². The third-order valence-electron chi connectivity index (χ3n) is 4.24. The molecule has 2 aliphatic rings. The number of nitrogens with one attached hydrogen (secondary N) is 2. The number of rotatable bonds is 6. The Morgan fingerprint density at radius 2 is 1.89 bits per heavy atom. The maximum absolute atomic E-state index is 5.76. The molecule has 2 rings (SSSR count). The lowest BCUT2D eigenvalue weighted by Crippen LogP contribution is -2.38. The average Bonchev–Trinajstić information content (AvgIpc) is 2.81. The van der Waals surface area contributed by atoms with Crippen molar-refractivity contribution < 1.29 is 9.47 Å². The molecule has 18 heavy (non-hydrogen) atoms. The van der Waals surface area contributed by atoms with Crippen LogP contribution in [0.4, 0.5) is 0 Å². The summed E-state index contributed by atoms with van der Waals surface area (Å²) in [6.07, 6.45) is 5.96. The number of hydrogen-bond acceptors (Lipinski definition) is 4. The van der Waals surface area contributed by atoms with E-state index in [0.717, 1.165) is 45.1 Å². The van der Waals surface area contributed by atoms with Crippen LogP contribution in [0.2, 0.25) is 0 Å². The Hall–Kier alpha value is -0.160. The largest absolute Gasteiger partial charge is 0.348 e. The first-order valence-electron chi connectivity index (χ1n) is 7.40. The van der Waals surface area contributed by atoms with Gasteiger partial charge in [0.15, 0.2) is 5.79 Å². The fraction of sp³-hybridized carbons (Fsp3) is 1.00. The highest BCUT2D eigenvalue weighted by Gasteiger charge is 2.39. The highest BCUT2D eigenvalue weighted by molar-refractivity contribution is 4.82. The van der Waals surface area contributed by atoms with Crippen molar-refractivity contribution in [2.24, 2.45) is 5.92 Å². The Kier molecular flexibility index (Phi) is 5.42. The first-order chi connectivity index (χ1) is 8.74. The highest BCUT2D eigenvalue weighted by Crippen LogP contribution is 2.39. The Bertz CT molecular complexity index is 232. The molecule has 1 saturated heterocycles. The molecule has 1 aliphatic heterocycles. The van der Waals surface area contributed by atoms with Crippen LogP contribution in [0.3, 0.4) is 0 Å². The van der Waals surface area contributed by atoms with Gasteiger partial charge in [0.1, 0.15) is 0 Å². The zero-order valence-corrected chi connectivity index (χ0v) is 11.8. The Labute approximate surface area is 111 Å². The van der Waals surface area contributed by atoms with Crippen LogP contribution >= 0.6 is 0 Å². The third kappa shape index (κ3) is 3.92. The van der Waals surface area contributed by atoms with Crippen molar-refractivity contribution in [3.63, 3.8) is 0 Å². The minimum atomic E-state index is -0.191. The molecule has 2 fully saturated rings. The van der Waals surface area contributed by atoms with Gasteiger partial charge in [0.25, 0.3) is 0 Å². The lowest BCUT2D eigenvalue weighted by molar-refractivity contribution is -0.182. The molecule has 4 nitrogen and oxygen atoms in total. The van der Waals surface area contributed by atoms with Crippen molar-refractivity contribution in [2.45, 2.75) is 50.9 Å². The van der Waals surface area contributed by atoms with E-state index in [1.807, 2.05) is 7.05 Å². The lowest BCUT2D eigenvalue weighted by Gasteiger charge is -2.35. The Balaban J connectivity index is 1.59. The van der Waals surface area contributed by atoms with Crippen molar-refractivity contribution in [2.75, 3.05) is 33.4 Å². The third-order valence-corrected chi connectivity index (χ3v) is 4.24. The van der Waals surface area contributed by atoms with E-state index in [-0.39, 0.29) is 5.79 Å². The van der Waals surface area contributed by atoms with Crippen LogP contribution in [0.5, 0.6) is 0 Å². The van der Waals surface area contributed by atoms with Crippen LogP contribution in [-0.4, -0.2) is 45.2 Å². The summed E-state index contributed by atoms with van der Waals surface area (Å²) in [5.74, 6) is 0.654. The zero-order valence-electron chi connectivity index (χ0n) is 11.8. The minimum Gasteiger partial charge on any atom is -0.348 e. The van der Waals surface area contributed by atoms with Crippen molar-refractivity contribution in [3.05, 3.63) is 0 Å². The van der Waals surface area contributed by atoms with E-state index in [4.69, 9.17) is 9.47 Å². The molecule has 0 radical (unpaired) electrons. The van der Waals surface area contributed by atoms with Gasteiger partial charge >= 0.3 is 0 Å². The summed E-state index contributed by atoms with van der Waals surface area (Å²) in [4.78, 5) is 0. The van der Waals surface area contributed by atoms with E-state index >= 15 is 0 Å². The van der Waals surface area contributed by atoms with E-state index in [1.165, 1.54) is 19.3 Å². The van der Waals surface area contributed by atoms with Crippen LogP contribution < -0.4 is 10.6 Å². The second-order valence-corrected chi connectivity index (χ2v) is 5.75. The van der Waals surface area contributed by atoms with Crippen molar-refractivity contribution >= 4 is 0 Å². The molecule has 1 spiro atoms. The van der Waals surface area contributed by atoms with E-state index in [1.54, 1.807) is 0 Å². The van der Waals surface area contributed by atoms with Crippen LogP contribution in [0.15, 0.2) is 0 Å². The molecule has 1 saturated carbocycles. The normalized spacial score (nSPS) is 25.7. The van der Waals surface area contributed by atoms with Gasteiger partial charge in [0, 0.05) is 25.4 Å². The van der Waals surface area contributed by atoms with E-state index in [9.17, 15) is 0 Å². The molecule has 0 bridgehead atoms. The molecular weight excluding hydrogens is 228 g/mol. The maximum atomic E-state index is 5.76. The molecule has 0 aromatic heterocycles. The molecule has 0 aromatic rings. The SMILES string of the molecule is CNCC(C)NCCC1CCC2(CC1)OCCO2. The van der Waals surface area contributed by atoms with Gasteiger partial charge in [-0.05, 0) is 45.7 Å². The quantitative estimate of drug-likeness (QED) is 0.756. The Morgan fingerprint density at radius 3 is 2.50 bits per heavy atom. The molecule has 1 aliphatic carbocycles. The molecule has 106 valence electrons. The molecule has 2 N–H and O–H groups in total. The standard InChI is InChI=1S/C14H28N2O2/c1-12(11-15-2)16-8-5-13-3-6-14(7-4-13)17-9-10-18-14/h12-13,15-16H,3-11H2,1-2H3. The van der Waals surface area contributed by atoms with Crippen molar-refractivity contribution in [1.29, 1.82) is 0 Å². The predicted octanol–water partition coefficient (Wildman–Crippen LogP) is 1.51. The van der Waals surface area contributed by atoms with Crippen molar-refractivity contribution in [1.82, 2.24) is 10.6 Å². The van der Waals surface area contributed by atoms with Gasteiger partial charge in [-0.1, -0.05) is 0 Å². The Morgan fingerprint density at radius 1 is 1.22 bits per heavy atom. The molecule has 1 heterocycles. The van der Waals surface area contributed by atoms with E-state index in [0.29, 0.717) is 6.04 Å². The summed E-state index contributed by atoms with van der Waals surface area (Å²) in [5.41, 5.74) is 0. The smallest absolute Gasteiger partial charge is 0.168 e. The zero-order chi connectivity index (χ0) is 12.8. The molecule has 0 amide bonds.